The Labute approximate surface area is 127 Å². The number of rotatable bonds is 4. The highest BCUT2D eigenvalue weighted by Gasteiger charge is 2.18. The highest BCUT2D eigenvalue weighted by atomic mass is 35.5. The van der Waals surface area contributed by atoms with Gasteiger partial charge in [0.25, 0.3) is 0 Å². The molecule has 2 rings (SSSR count). The fourth-order valence-corrected chi connectivity index (χ4v) is 1.78. The molecule has 20 heavy (non-hydrogen) atoms. The maximum absolute atomic E-state index is 14.3. The van der Waals surface area contributed by atoms with Crippen LogP contribution in [-0.2, 0) is 0 Å². The molecule has 1 aromatic carbocycles. The van der Waals surface area contributed by atoms with E-state index in [0.717, 1.165) is 0 Å². The van der Waals surface area contributed by atoms with Crippen molar-refractivity contribution >= 4 is 24.0 Å². The summed E-state index contributed by atoms with van der Waals surface area (Å²) in [4.78, 5) is 0. The van der Waals surface area contributed by atoms with E-state index in [0.29, 0.717) is 12.0 Å². The molecule has 1 heterocycles. The van der Waals surface area contributed by atoms with Gasteiger partial charge in [-0.2, -0.15) is 5.10 Å². The summed E-state index contributed by atoms with van der Waals surface area (Å²) in [5, 5.41) is 7.53. The topological polar surface area (TPSA) is 61.0 Å². The van der Waals surface area contributed by atoms with Crippen molar-refractivity contribution in [2.24, 2.45) is 5.73 Å². The maximum atomic E-state index is 14.3. The SMILES string of the molecule is CC[C@@H](N)c1ccc(Cl)c(Oc2cccnn2)c1F.Cl. The van der Waals surface area contributed by atoms with Crippen molar-refractivity contribution in [3.05, 3.63) is 46.9 Å². The third-order valence-corrected chi connectivity index (χ3v) is 2.97. The van der Waals surface area contributed by atoms with E-state index in [1.54, 1.807) is 24.3 Å². The molecule has 0 aliphatic heterocycles. The van der Waals surface area contributed by atoms with Crippen molar-refractivity contribution in [1.82, 2.24) is 10.2 Å². The molecular weight excluding hydrogens is 304 g/mol. The van der Waals surface area contributed by atoms with E-state index < -0.39 is 11.9 Å². The van der Waals surface area contributed by atoms with Crippen LogP contribution in [0.4, 0.5) is 4.39 Å². The molecule has 0 saturated carbocycles. The number of aromatic nitrogens is 2. The molecule has 0 fully saturated rings. The van der Waals surface area contributed by atoms with Crippen LogP contribution in [-0.4, -0.2) is 10.2 Å². The molecule has 7 heteroatoms. The van der Waals surface area contributed by atoms with Crippen LogP contribution in [0.25, 0.3) is 0 Å². The van der Waals surface area contributed by atoms with Gasteiger partial charge in [0.15, 0.2) is 11.6 Å². The van der Waals surface area contributed by atoms with Gasteiger partial charge in [-0.1, -0.05) is 24.6 Å². The Hall–Kier alpha value is -1.43. The molecule has 0 spiro atoms. The zero-order valence-corrected chi connectivity index (χ0v) is 12.3. The number of ether oxygens (including phenoxy) is 1. The molecule has 0 bridgehead atoms. The van der Waals surface area contributed by atoms with E-state index in [1.165, 1.54) is 6.20 Å². The van der Waals surface area contributed by atoms with Crippen LogP contribution in [0.5, 0.6) is 11.6 Å². The van der Waals surface area contributed by atoms with Crippen molar-refractivity contribution < 1.29 is 9.13 Å². The summed E-state index contributed by atoms with van der Waals surface area (Å²) in [6, 6.07) is 5.92. The lowest BCUT2D eigenvalue weighted by Gasteiger charge is -2.14. The standard InChI is InChI=1S/C13H13ClFN3O.ClH/c1-2-10(16)8-5-6-9(14)13(12(8)15)19-11-4-3-7-17-18-11;/h3-7,10H,2,16H2,1H3;1H/t10-;/m1./s1. The monoisotopic (exact) mass is 317 g/mol. The Morgan fingerprint density at radius 2 is 2.15 bits per heavy atom. The van der Waals surface area contributed by atoms with E-state index in [1.807, 2.05) is 6.92 Å². The van der Waals surface area contributed by atoms with E-state index in [2.05, 4.69) is 10.2 Å². The molecule has 2 N–H and O–H groups in total. The molecule has 2 aromatic rings. The highest BCUT2D eigenvalue weighted by Crippen LogP contribution is 2.35. The Morgan fingerprint density at radius 1 is 1.40 bits per heavy atom. The summed E-state index contributed by atoms with van der Waals surface area (Å²) in [6.07, 6.45) is 2.11. The minimum atomic E-state index is -0.562. The third kappa shape index (κ3) is 3.56. The van der Waals surface area contributed by atoms with Crippen LogP contribution in [0.15, 0.2) is 30.5 Å². The highest BCUT2D eigenvalue weighted by molar-refractivity contribution is 6.32. The quantitative estimate of drug-likeness (QED) is 0.929. The zero-order valence-electron chi connectivity index (χ0n) is 10.7. The van der Waals surface area contributed by atoms with E-state index >= 15 is 0 Å². The second-order valence-corrected chi connectivity index (χ2v) is 4.37. The number of nitrogens with two attached hydrogens (primary N) is 1. The van der Waals surface area contributed by atoms with Crippen LogP contribution in [0.2, 0.25) is 5.02 Å². The normalized spacial score (nSPS) is 11.6. The van der Waals surface area contributed by atoms with E-state index in [9.17, 15) is 4.39 Å². The molecular formula is C13H14Cl2FN3O. The van der Waals surface area contributed by atoms with Gasteiger partial charge < -0.3 is 10.5 Å². The van der Waals surface area contributed by atoms with Crippen molar-refractivity contribution in [3.8, 4) is 11.6 Å². The number of nitrogens with zero attached hydrogens (tertiary/aromatic N) is 2. The van der Waals surface area contributed by atoms with Crippen molar-refractivity contribution in [1.29, 1.82) is 0 Å². The smallest absolute Gasteiger partial charge is 0.239 e. The van der Waals surface area contributed by atoms with Gasteiger partial charge in [-0.3, -0.25) is 0 Å². The molecule has 0 unspecified atom stereocenters. The lowest BCUT2D eigenvalue weighted by atomic mass is 10.0. The van der Waals surface area contributed by atoms with Crippen LogP contribution >= 0.6 is 24.0 Å². The summed E-state index contributed by atoms with van der Waals surface area (Å²) < 4.78 is 19.7. The predicted molar refractivity (Wildman–Crippen MR) is 78.0 cm³/mol. The maximum Gasteiger partial charge on any atom is 0.239 e. The van der Waals surface area contributed by atoms with Gasteiger partial charge in [0.05, 0.1) is 5.02 Å². The van der Waals surface area contributed by atoms with Crippen LogP contribution in [0.3, 0.4) is 0 Å². The average molecular weight is 318 g/mol. The van der Waals surface area contributed by atoms with Gasteiger partial charge in [-0.15, -0.1) is 17.5 Å². The van der Waals surface area contributed by atoms with Gasteiger partial charge in [0.1, 0.15) is 0 Å². The first-order valence-electron chi connectivity index (χ1n) is 5.82. The van der Waals surface area contributed by atoms with Crippen LogP contribution in [0.1, 0.15) is 24.9 Å². The largest absolute Gasteiger partial charge is 0.433 e. The lowest BCUT2D eigenvalue weighted by Crippen LogP contribution is -2.11. The first-order chi connectivity index (χ1) is 9.13. The number of hydrogen-bond acceptors (Lipinski definition) is 4. The molecule has 0 radical (unpaired) electrons. The summed E-state index contributed by atoms with van der Waals surface area (Å²) in [7, 11) is 0. The van der Waals surface area contributed by atoms with Crippen LogP contribution in [0, 0.1) is 5.82 Å². The minimum absolute atomic E-state index is 0. The molecule has 0 saturated heterocycles. The fourth-order valence-electron chi connectivity index (χ4n) is 1.59. The van der Waals surface area contributed by atoms with Gasteiger partial charge in [-0.05, 0) is 18.6 Å². The second kappa shape index (κ2) is 7.38. The van der Waals surface area contributed by atoms with Crippen molar-refractivity contribution in [3.63, 3.8) is 0 Å². The zero-order chi connectivity index (χ0) is 13.8. The van der Waals surface area contributed by atoms with Gasteiger partial charge >= 0.3 is 0 Å². The third-order valence-electron chi connectivity index (χ3n) is 2.67. The summed E-state index contributed by atoms with van der Waals surface area (Å²) in [5.41, 5.74) is 6.21. The Bertz CT molecular complexity index is 569. The molecule has 0 aliphatic rings. The second-order valence-electron chi connectivity index (χ2n) is 3.96. The summed E-state index contributed by atoms with van der Waals surface area (Å²) in [5.74, 6) is -0.471. The first-order valence-corrected chi connectivity index (χ1v) is 6.20. The summed E-state index contributed by atoms with van der Waals surface area (Å²) in [6.45, 7) is 1.88. The van der Waals surface area contributed by atoms with Crippen molar-refractivity contribution in [2.45, 2.75) is 19.4 Å². The van der Waals surface area contributed by atoms with E-state index in [4.69, 9.17) is 22.1 Å². The Balaban J connectivity index is 0.00000200. The molecule has 1 atom stereocenters. The van der Waals surface area contributed by atoms with Crippen molar-refractivity contribution in [2.75, 3.05) is 0 Å². The lowest BCUT2D eigenvalue weighted by molar-refractivity contribution is 0.416. The van der Waals surface area contributed by atoms with E-state index in [-0.39, 0.29) is 29.1 Å². The van der Waals surface area contributed by atoms with Gasteiger partial charge in [0, 0.05) is 23.9 Å². The Kier molecular flexibility index (Phi) is 6.13. The molecule has 108 valence electrons. The first kappa shape index (κ1) is 16.6. The molecule has 4 nitrogen and oxygen atoms in total. The molecule has 1 aromatic heterocycles. The number of benzene rings is 1. The number of hydrogen-bond donors (Lipinski definition) is 1. The predicted octanol–water partition coefficient (Wildman–Crippen LogP) is 3.89. The van der Waals surface area contributed by atoms with Crippen LogP contribution < -0.4 is 10.5 Å². The number of halogens is 3. The van der Waals surface area contributed by atoms with Gasteiger partial charge in [0.2, 0.25) is 5.88 Å². The summed E-state index contributed by atoms with van der Waals surface area (Å²) >= 11 is 5.95. The fraction of sp³-hybridized carbons (Fsp3) is 0.231. The Morgan fingerprint density at radius 3 is 2.75 bits per heavy atom. The van der Waals surface area contributed by atoms with Gasteiger partial charge in [-0.25, -0.2) is 4.39 Å². The minimum Gasteiger partial charge on any atom is -0.433 e. The average Bonchev–Trinajstić information content (AvgIpc) is 2.44. The molecule has 0 aliphatic carbocycles. The molecule has 0 amide bonds.